The van der Waals surface area contributed by atoms with Crippen molar-refractivity contribution in [2.24, 2.45) is 0 Å². The van der Waals surface area contributed by atoms with Crippen LogP contribution < -0.4 is 21.3 Å². The van der Waals surface area contributed by atoms with Crippen molar-refractivity contribution < 1.29 is 9.53 Å². The second-order valence-electron chi connectivity index (χ2n) is 5.01. The maximum atomic E-state index is 12.2. The van der Waals surface area contributed by atoms with E-state index in [-0.39, 0.29) is 12.1 Å². The lowest BCUT2D eigenvalue weighted by Gasteiger charge is -2.11. The number of carbonyl (C=O) groups is 1. The molecule has 9 heteroatoms. The number of hydrogen-bond donors (Lipinski definition) is 1. The Bertz CT molecular complexity index is 972. The molecule has 0 aliphatic carbocycles. The van der Waals surface area contributed by atoms with E-state index in [1.54, 1.807) is 25.1 Å². The highest BCUT2D eigenvalue weighted by atomic mass is 35.5. The van der Waals surface area contributed by atoms with Crippen LogP contribution in [0.25, 0.3) is 0 Å². The summed E-state index contributed by atoms with van der Waals surface area (Å²) in [7, 11) is 1.47. The van der Waals surface area contributed by atoms with E-state index in [1.807, 2.05) is 0 Å². The van der Waals surface area contributed by atoms with E-state index in [4.69, 9.17) is 21.6 Å². The fourth-order valence-electron chi connectivity index (χ4n) is 2.18. The second kappa shape index (κ2) is 7.68. The Labute approximate surface area is 147 Å². The first-order valence-corrected chi connectivity index (χ1v) is 7.66. The van der Waals surface area contributed by atoms with Gasteiger partial charge in [-0.05, 0) is 25.1 Å². The van der Waals surface area contributed by atoms with Crippen molar-refractivity contribution in [3.8, 4) is 11.8 Å². The van der Waals surface area contributed by atoms with Crippen LogP contribution in [-0.4, -0.2) is 22.2 Å². The smallest absolute Gasteiger partial charge is 0.331 e. The molecular formula is C16H15ClN4O4. The fourth-order valence-corrected chi connectivity index (χ4v) is 2.44. The number of halogens is 1. The molecule has 0 radical (unpaired) electrons. The van der Waals surface area contributed by atoms with Gasteiger partial charge in [-0.3, -0.25) is 14.2 Å². The van der Waals surface area contributed by atoms with Crippen molar-refractivity contribution in [3.63, 3.8) is 0 Å². The van der Waals surface area contributed by atoms with Crippen molar-refractivity contribution in [1.82, 2.24) is 9.13 Å². The van der Waals surface area contributed by atoms with E-state index in [0.29, 0.717) is 16.5 Å². The number of anilines is 1. The van der Waals surface area contributed by atoms with Crippen LogP contribution in [0.3, 0.4) is 0 Å². The van der Waals surface area contributed by atoms with E-state index >= 15 is 0 Å². The number of hydrogen-bond acceptors (Lipinski definition) is 5. The Hall–Kier alpha value is -3.05. The van der Waals surface area contributed by atoms with Crippen LogP contribution in [0.2, 0.25) is 5.02 Å². The maximum absolute atomic E-state index is 12.2. The molecule has 0 atom stereocenters. The normalized spacial score (nSPS) is 10.2. The highest BCUT2D eigenvalue weighted by Crippen LogP contribution is 2.27. The van der Waals surface area contributed by atoms with Crippen LogP contribution in [0.15, 0.2) is 34.0 Å². The summed E-state index contributed by atoms with van der Waals surface area (Å²) in [5, 5.41) is 11.8. The lowest BCUT2D eigenvalue weighted by Crippen LogP contribution is -2.43. The topological polar surface area (TPSA) is 106 Å². The number of methoxy groups -OCH3 is 1. The summed E-state index contributed by atoms with van der Waals surface area (Å²) < 4.78 is 6.93. The van der Waals surface area contributed by atoms with Gasteiger partial charge in [-0.25, -0.2) is 9.36 Å². The third-order valence-corrected chi connectivity index (χ3v) is 3.73. The van der Waals surface area contributed by atoms with Gasteiger partial charge in [0.15, 0.2) is 0 Å². The number of carbonyl (C=O) groups excluding carboxylic acids is 1. The van der Waals surface area contributed by atoms with Crippen LogP contribution in [0, 0.1) is 11.3 Å². The van der Waals surface area contributed by atoms with Gasteiger partial charge >= 0.3 is 5.69 Å². The molecule has 8 nitrogen and oxygen atoms in total. The Kier molecular flexibility index (Phi) is 5.62. The molecule has 0 unspecified atom stereocenters. The zero-order valence-corrected chi connectivity index (χ0v) is 14.3. The zero-order valence-electron chi connectivity index (χ0n) is 13.6. The van der Waals surface area contributed by atoms with Crippen molar-refractivity contribution in [2.75, 3.05) is 12.4 Å². The molecule has 1 heterocycles. The van der Waals surface area contributed by atoms with E-state index in [1.165, 1.54) is 23.9 Å². The first kappa shape index (κ1) is 18.3. The van der Waals surface area contributed by atoms with E-state index < -0.39 is 23.7 Å². The Morgan fingerprint density at radius 1 is 1.40 bits per heavy atom. The minimum absolute atomic E-state index is 0.207. The third-order valence-electron chi connectivity index (χ3n) is 3.44. The number of nitrogens with zero attached hydrogens (tertiary/aromatic N) is 3. The average Bonchev–Trinajstić information content (AvgIpc) is 2.59. The number of amides is 1. The minimum atomic E-state index is -0.805. The van der Waals surface area contributed by atoms with Crippen molar-refractivity contribution >= 4 is 23.2 Å². The molecule has 2 rings (SSSR count). The maximum Gasteiger partial charge on any atom is 0.331 e. The van der Waals surface area contributed by atoms with Gasteiger partial charge in [0.2, 0.25) is 5.91 Å². The second-order valence-corrected chi connectivity index (χ2v) is 5.42. The summed E-state index contributed by atoms with van der Waals surface area (Å²) in [5.74, 6) is -0.151. The van der Waals surface area contributed by atoms with Crippen LogP contribution in [0.5, 0.6) is 5.75 Å². The molecule has 0 saturated carbocycles. The molecule has 2 aromatic rings. The number of ether oxygens (including phenoxy) is 1. The predicted octanol–water partition coefficient (Wildman–Crippen LogP) is 1.20. The SMILES string of the molecule is CCn1cc(C#N)c(=O)n(CC(=O)Nc2ccc(OC)c(Cl)c2)c1=O. The van der Waals surface area contributed by atoms with Crippen LogP contribution in [0.4, 0.5) is 5.69 Å². The average molecular weight is 363 g/mol. The first-order chi connectivity index (χ1) is 11.9. The molecule has 1 aromatic carbocycles. The van der Waals surface area contributed by atoms with Gasteiger partial charge in [0, 0.05) is 18.4 Å². The van der Waals surface area contributed by atoms with E-state index in [9.17, 15) is 14.4 Å². The molecule has 130 valence electrons. The standard InChI is InChI=1S/C16H15ClN4O4/c1-3-20-8-10(7-18)15(23)21(16(20)24)9-14(22)19-11-4-5-13(25-2)12(17)6-11/h4-6,8H,3,9H2,1-2H3,(H,19,22). The van der Waals surface area contributed by atoms with E-state index in [0.717, 1.165) is 4.57 Å². The van der Waals surface area contributed by atoms with Crippen molar-refractivity contribution in [2.45, 2.75) is 20.0 Å². The van der Waals surface area contributed by atoms with Gasteiger partial charge in [0.25, 0.3) is 5.56 Å². The minimum Gasteiger partial charge on any atom is -0.495 e. The first-order valence-electron chi connectivity index (χ1n) is 7.29. The number of nitrogens with one attached hydrogen (secondary N) is 1. The number of benzene rings is 1. The van der Waals surface area contributed by atoms with Gasteiger partial charge in [0.1, 0.15) is 23.9 Å². The quantitative estimate of drug-likeness (QED) is 0.860. The number of aryl methyl sites for hydroxylation is 1. The van der Waals surface area contributed by atoms with Gasteiger partial charge in [-0.15, -0.1) is 0 Å². The molecule has 1 amide bonds. The fraction of sp³-hybridized carbons (Fsp3) is 0.250. The summed E-state index contributed by atoms with van der Waals surface area (Å²) in [6.45, 7) is 1.44. The summed E-state index contributed by atoms with van der Waals surface area (Å²) in [5.41, 5.74) is -1.28. The lowest BCUT2D eigenvalue weighted by molar-refractivity contribution is -0.116. The molecule has 25 heavy (non-hydrogen) atoms. The monoisotopic (exact) mass is 362 g/mol. The molecule has 0 saturated heterocycles. The highest BCUT2D eigenvalue weighted by Gasteiger charge is 2.14. The third kappa shape index (κ3) is 3.89. The summed E-state index contributed by atoms with van der Waals surface area (Å²) in [6.07, 6.45) is 1.18. The Morgan fingerprint density at radius 2 is 2.12 bits per heavy atom. The van der Waals surface area contributed by atoms with Gasteiger partial charge < -0.3 is 10.1 Å². The zero-order chi connectivity index (χ0) is 18.6. The number of aromatic nitrogens is 2. The molecule has 0 fully saturated rings. The van der Waals surface area contributed by atoms with Crippen molar-refractivity contribution in [3.05, 3.63) is 55.8 Å². The van der Waals surface area contributed by atoms with Gasteiger partial charge in [-0.1, -0.05) is 11.6 Å². The molecule has 1 N–H and O–H groups in total. The Balaban J connectivity index is 2.29. The summed E-state index contributed by atoms with van der Waals surface area (Å²) in [4.78, 5) is 36.5. The van der Waals surface area contributed by atoms with Gasteiger partial charge in [0.05, 0.1) is 12.1 Å². The van der Waals surface area contributed by atoms with Crippen molar-refractivity contribution in [1.29, 1.82) is 5.26 Å². The van der Waals surface area contributed by atoms with E-state index in [2.05, 4.69) is 5.32 Å². The molecule has 1 aromatic heterocycles. The van der Waals surface area contributed by atoms with Crippen LogP contribution in [0.1, 0.15) is 12.5 Å². The molecule has 0 spiro atoms. The summed E-state index contributed by atoms with van der Waals surface area (Å²) >= 11 is 5.98. The molecular weight excluding hydrogens is 348 g/mol. The highest BCUT2D eigenvalue weighted by molar-refractivity contribution is 6.32. The predicted molar refractivity (Wildman–Crippen MR) is 92.0 cm³/mol. The number of nitriles is 1. The van der Waals surface area contributed by atoms with Gasteiger partial charge in [-0.2, -0.15) is 5.26 Å². The van der Waals surface area contributed by atoms with Crippen LogP contribution >= 0.6 is 11.6 Å². The summed E-state index contributed by atoms with van der Waals surface area (Å²) in [6, 6.07) is 6.35. The lowest BCUT2D eigenvalue weighted by atomic mass is 10.3. The molecule has 0 aliphatic rings. The molecule has 0 bridgehead atoms. The number of rotatable bonds is 5. The molecule has 0 aliphatic heterocycles. The largest absolute Gasteiger partial charge is 0.495 e. The Morgan fingerprint density at radius 3 is 2.68 bits per heavy atom. The van der Waals surface area contributed by atoms with Crippen LogP contribution in [-0.2, 0) is 17.9 Å².